The molecule has 98 valence electrons. The third kappa shape index (κ3) is 4.69. The topological polar surface area (TPSA) is 23.5 Å². The monoisotopic (exact) mass is 237 g/mol. The average Bonchev–Trinajstić information content (AvgIpc) is 2.24. The molecule has 0 unspecified atom stereocenters. The van der Waals surface area contributed by atoms with Crippen LogP contribution in [0.2, 0.25) is 0 Å². The second kappa shape index (κ2) is 6.42. The Morgan fingerprint density at radius 1 is 1.06 bits per heavy atom. The van der Waals surface area contributed by atoms with Crippen LogP contribution in [0.4, 0.5) is 0 Å². The minimum absolute atomic E-state index is 0.505. The van der Waals surface area contributed by atoms with Crippen molar-refractivity contribution in [1.29, 1.82) is 0 Å². The summed E-state index contributed by atoms with van der Waals surface area (Å²) in [5.74, 6) is 6.29. The van der Waals surface area contributed by atoms with Gasteiger partial charge in [0.05, 0.1) is 6.54 Å². The van der Waals surface area contributed by atoms with E-state index < -0.39 is 5.60 Å². The molecule has 0 aromatic heterocycles. The van der Waals surface area contributed by atoms with E-state index in [1.807, 2.05) is 0 Å². The lowest BCUT2D eigenvalue weighted by molar-refractivity contribution is 0.0607. The van der Waals surface area contributed by atoms with Gasteiger partial charge in [-0.15, -0.1) is 0 Å². The lowest BCUT2D eigenvalue weighted by atomic mass is 9.85. The maximum Gasteiger partial charge on any atom is 0.125 e. The van der Waals surface area contributed by atoms with Crippen LogP contribution in [0.1, 0.15) is 59.8 Å². The van der Waals surface area contributed by atoms with E-state index in [4.69, 9.17) is 0 Å². The summed E-state index contributed by atoms with van der Waals surface area (Å²) in [4.78, 5) is 2.35. The van der Waals surface area contributed by atoms with Crippen LogP contribution in [-0.2, 0) is 0 Å². The van der Waals surface area contributed by atoms with Crippen LogP contribution in [0.25, 0.3) is 0 Å². The number of nitrogens with zero attached hydrogens (tertiary/aromatic N) is 1. The number of hydrogen-bond acceptors (Lipinski definition) is 2. The second-order valence-electron chi connectivity index (χ2n) is 5.75. The molecule has 1 aliphatic carbocycles. The van der Waals surface area contributed by atoms with Gasteiger partial charge >= 0.3 is 0 Å². The summed E-state index contributed by atoms with van der Waals surface area (Å²) in [6.45, 7) is 9.53. The van der Waals surface area contributed by atoms with Crippen LogP contribution in [-0.4, -0.2) is 34.2 Å². The van der Waals surface area contributed by atoms with Crippen molar-refractivity contribution in [2.24, 2.45) is 0 Å². The molecule has 1 fully saturated rings. The fourth-order valence-electron chi connectivity index (χ4n) is 2.52. The zero-order valence-corrected chi connectivity index (χ0v) is 11.8. The van der Waals surface area contributed by atoms with Gasteiger partial charge in [-0.3, -0.25) is 4.90 Å². The van der Waals surface area contributed by atoms with Gasteiger partial charge < -0.3 is 5.11 Å². The lowest BCUT2D eigenvalue weighted by Gasteiger charge is -2.29. The normalized spacial score (nSPS) is 19.5. The first kappa shape index (κ1) is 14.5. The molecule has 0 spiro atoms. The predicted octanol–water partition coefficient (Wildman–Crippen LogP) is 2.80. The molecule has 0 aromatic carbocycles. The quantitative estimate of drug-likeness (QED) is 0.763. The van der Waals surface area contributed by atoms with Crippen LogP contribution in [0, 0.1) is 11.8 Å². The van der Waals surface area contributed by atoms with E-state index in [2.05, 4.69) is 44.4 Å². The number of hydrogen-bond donors (Lipinski definition) is 1. The van der Waals surface area contributed by atoms with Gasteiger partial charge in [0.1, 0.15) is 5.60 Å². The molecule has 0 aromatic rings. The summed E-state index contributed by atoms with van der Waals surface area (Å²) >= 11 is 0. The lowest BCUT2D eigenvalue weighted by Crippen LogP contribution is -2.37. The van der Waals surface area contributed by atoms with E-state index in [-0.39, 0.29) is 0 Å². The minimum Gasteiger partial charge on any atom is -0.378 e. The highest BCUT2D eigenvalue weighted by atomic mass is 16.3. The fourth-order valence-corrected chi connectivity index (χ4v) is 2.52. The van der Waals surface area contributed by atoms with E-state index in [1.165, 1.54) is 6.42 Å². The SMILES string of the molecule is CC(C)N(CC#CC1(O)CCCCC1)C(C)C. The van der Waals surface area contributed by atoms with Gasteiger partial charge in [0, 0.05) is 12.1 Å². The molecule has 1 N–H and O–H groups in total. The molecule has 0 bridgehead atoms. The summed E-state index contributed by atoms with van der Waals surface area (Å²) in [5.41, 5.74) is -0.697. The van der Waals surface area contributed by atoms with Gasteiger partial charge in [0.25, 0.3) is 0 Å². The molecule has 0 radical (unpaired) electrons. The molecule has 0 amide bonds. The number of aliphatic hydroxyl groups is 1. The van der Waals surface area contributed by atoms with Crippen molar-refractivity contribution >= 4 is 0 Å². The van der Waals surface area contributed by atoms with Crippen LogP contribution < -0.4 is 0 Å². The molecule has 1 rings (SSSR count). The first-order valence-electron chi connectivity index (χ1n) is 6.93. The molecule has 0 saturated heterocycles. The summed E-state index contributed by atoms with van der Waals surface area (Å²) < 4.78 is 0. The average molecular weight is 237 g/mol. The van der Waals surface area contributed by atoms with E-state index in [1.54, 1.807) is 0 Å². The summed E-state index contributed by atoms with van der Waals surface area (Å²) in [5, 5.41) is 10.3. The molecule has 0 heterocycles. The van der Waals surface area contributed by atoms with Crippen molar-refractivity contribution in [3.8, 4) is 11.8 Å². The Morgan fingerprint density at radius 2 is 1.59 bits per heavy atom. The Labute approximate surface area is 106 Å². The van der Waals surface area contributed by atoms with Gasteiger partial charge in [0.15, 0.2) is 0 Å². The largest absolute Gasteiger partial charge is 0.378 e. The minimum atomic E-state index is -0.697. The first-order chi connectivity index (χ1) is 7.94. The molecule has 17 heavy (non-hydrogen) atoms. The molecule has 0 aliphatic heterocycles. The molecule has 1 aliphatic rings. The zero-order valence-electron chi connectivity index (χ0n) is 11.8. The fraction of sp³-hybridized carbons (Fsp3) is 0.867. The third-order valence-electron chi connectivity index (χ3n) is 3.59. The van der Waals surface area contributed by atoms with Gasteiger partial charge in [-0.25, -0.2) is 0 Å². The van der Waals surface area contributed by atoms with E-state index in [0.717, 1.165) is 32.2 Å². The molecule has 0 atom stereocenters. The van der Waals surface area contributed by atoms with Crippen molar-refractivity contribution in [2.45, 2.75) is 77.5 Å². The van der Waals surface area contributed by atoms with E-state index >= 15 is 0 Å². The standard InChI is InChI=1S/C15H27NO/c1-13(2)16(14(3)4)12-8-11-15(17)9-6-5-7-10-15/h13-14,17H,5-7,9-10,12H2,1-4H3. The van der Waals surface area contributed by atoms with Crippen molar-refractivity contribution in [3.05, 3.63) is 0 Å². The predicted molar refractivity (Wildman–Crippen MR) is 72.8 cm³/mol. The van der Waals surface area contributed by atoms with Crippen LogP contribution in [0.15, 0.2) is 0 Å². The van der Waals surface area contributed by atoms with Crippen molar-refractivity contribution < 1.29 is 5.11 Å². The molecular formula is C15H27NO. The summed E-state index contributed by atoms with van der Waals surface area (Å²) in [6.07, 6.45) is 5.17. The van der Waals surface area contributed by atoms with Gasteiger partial charge in [-0.2, -0.15) is 0 Å². The Hall–Kier alpha value is -0.520. The van der Waals surface area contributed by atoms with Crippen molar-refractivity contribution in [2.75, 3.05) is 6.54 Å². The Balaban J connectivity index is 2.53. The molecular weight excluding hydrogens is 210 g/mol. The maximum atomic E-state index is 10.3. The van der Waals surface area contributed by atoms with E-state index in [9.17, 15) is 5.11 Å². The van der Waals surface area contributed by atoms with E-state index in [0.29, 0.717) is 12.1 Å². The van der Waals surface area contributed by atoms with Crippen molar-refractivity contribution in [1.82, 2.24) is 4.90 Å². The third-order valence-corrected chi connectivity index (χ3v) is 3.59. The second-order valence-corrected chi connectivity index (χ2v) is 5.75. The highest BCUT2D eigenvalue weighted by Gasteiger charge is 2.26. The smallest absolute Gasteiger partial charge is 0.125 e. The van der Waals surface area contributed by atoms with Crippen LogP contribution in [0.3, 0.4) is 0 Å². The Bertz CT molecular complexity index is 271. The molecule has 2 nitrogen and oxygen atoms in total. The van der Waals surface area contributed by atoms with Gasteiger partial charge in [-0.05, 0) is 53.4 Å². The maximum absolute atomic E-state index is 10.3. The molecule has 2 heteroatoms. The summed E-state index contributed by atoms with van der Waals surface area (Å²) in [7, 11) is 0. The van der Waals surface area contributed by atoms with Crippen LogP contribution >= 0.6 is 0 Å². The highest BCUT2D eigenvalue weighted by molar-refractivity contribution is 5.15. The first-order valence-corrected chi connectivity index (χ1v) is 6.93. The summed E-state index contributed by atoms with van der Waals surface area (Å²) in [6, 6.07) is 1.01. The highest BCUT2D eigenvalue weighted by Crippen LogP contribution is 2.27. The molecule has 1 saturated carbocycles. The number of rotatable bonds is 3. The Kier molecular flexibility index (Phi) is 5.49. The Morgan fingerprint density at radius 3 is 2.06 bits per heavy atom. The zero-order chi connectivity index (χ0) is 12.9. The van der Waals surface area contributed by atoms with Gasteiger partial charge in [-0.1, -0.05) is 18.3 Å². The van der Waals surface area contributed by atoms with Crippen molar-refractivity contribution in [3.63, 3.8) is 0 Å². The van der Waals surface area contributed by atoms with Crippen LogP contribution in [0.5, 0.6) is 0 Å². The van der Waals surface area contributed by atoms with Gasteiger partial charge in [0.2, 0.25) is 0 Å².